The topological polar surface area (TPSA) is 92.8 Å². The smallest absolute Gasteiger partial charge is 0.338 e. The molecule has 33 heavy (non-hydrogen) atoms. The standard InChI is InChI=1S/C25H32N2O5S/c1-2-3-18-32-25(29)20-14-16-21(17-15-20)26-24(28)19-27(22-10-6-4-7-11-22)33(30,31)23-12-8-5-9-13-23/h5,8-9,12-17,22H,2-4,6-7,10-11,18-19H2,1H3,(H,26,28). The summed E-state index contributed by atoms with van der Waals surface area (Å²) in [6.07, 6.45) is 6.21. The van der Waals surface area contributed by atoms with Crippen LogP contribution in [0.4, 0.5) is 5.69 Å². The monoisotopic (exact) mass is 472 g/mol. The molecule has 1 aliphatic rings. The van der Waals surface area contributed by atoms with Crippen LogP contribution < -0.4 is 5.32 Å². The molecule has 0 heterocycles. The van der Waals surface area contributed by atoms with E-state index in [-0.39, 0.29) is 17.5 Å². The quantitative estimate of drug-likeness (QED) is 0.403. The maximum absolute atomic E-state index is 13.3. The summed E-state index contributed by atoms with van der Waals surface area (Å²) in [5.41, 5.74) is 0.894. The average Bonchev–Trinajstić information content (AvgIpc) is 2.84. The van der Waals surface area contributed by atoms with Crippen molar-refractivity contribution >= 4 is 27.6 Å². The second-order valence-corrected chi connectivity index (χ2v) is 10.2. The number of hydrogen-bond donors (Lipinski definition) is 1. The first-order valence-electron chi connectivity index (χ1n) is 11.6. The Labute approximate surface area is 196 Å². The molecule has 0 saturated heterocycles. The maximum atomic E-state index is 13.3. The number of amides is 1. The van der Waals surface area contributed by atoms with Crippen LogP contribution in [0, 0.1) is 0 Å². The minimum absolute atomic E-state index is 0.189. The SMILES string of the molecule is CCCCOC(=O)c1ccc(NC(=O)CN(C2CCCCC2)S(=O)(=O)c2ccccc2)cc1. The molecular weight excluding hydrogens is 440 g/mol. The lowest BCUT2D eigenvalue weighted by Gasteiger charge is -2.33. The Balaban J connectivity index is 1.69. The van der Waals surface area contributed by atoms with Gasteiger partial charge < -0.3 is 10.1 Å². The van der Waals surface area contributed by atoms with E-state index in [1.807, 2.05) is 6.92 Å². The van der Waals surface area contributed by atoms with E-state index < -0.39 is 21.9 Å². The summed E-state index contributed by atoms with van der Waals surface area (Å²) in [6.45, 7) is 2.13. The summed E-state index contributed by atoms with van der Waals surface area (Å²) in [5.74, 6) is -0.822. The number of esters is 1. The van der Waals surface area contributed by atoms with Crippen molar-refractivity contribution in [1.29, 1.82) is 0 Å². The number of hydrogen-bond acceptors (Lipinski definition) is 5. The van der Waals surface area contributed by atoms with Crippen LogP contribution in [-0.4, -0.2) is 43.8 Å². The molecule has 3 rings (SSSR count). The van der Waals surface area contributed by atoms with Crippen LogP contribution in [0.15, 0.2) is 59.5 Å². The fourth-order valence-electron chi connectivity index (χ4n) is 3.93. The Morgan fingerprint density at radius 1 is 1.00 bits per heavy atom. The van der Waals surface area contributed by atoms with E-state index >= 15 is 0 Å². The second kappa shape index (κ2) is 12.0. The molecule has 1 saturated carbocycles. The van der Waals surface area contributed by atoms with Crippen molar-refractivity contribution in [3.8, 4) is 0 Å². The van der Waals surface area contributed by atoms with Crippen LogP contribution in [0.2, 0.25) is 0 Å². The molecule has 178 valence electrons. The Morgan fingerprint density at radius 3 is 2.30 bits per heavy atom. The lowest BCUT2D eigenvalue weighted by molar-refractivity contribution is -0.116. The summed E-state index contributed by atoms with van der Waals surface area (Å²) >= 11 is 0. The fraction of sp³-hybridized carbons (Fsp3) is 0.440. The van der Waals surface area contributed by atoms with Crippen molar-refractivity contribution in [2.45, 2.75) is 62.8 Å². The molecule has 0 aromatic heterocycles. The van der Waals surface area contributed by atoms with Gasteiger partial charge in [-0.15, -0.1) is 0 Å². The van der Waals surface area contributed by atoms with Crippen LogP contribution >= 0.6 is 0 Å². The zero-order valence-corrected chi connectivity index (χ0v) is 19.9. The molecule has 0 aliphatic heterocycles. The molecule has 0 atom stereocenters. The molecule has 1 aliphatic carbocycles. The first-order chi connectivity index (χ1) is 15.9. The van der Waals surface area contributed by atoms with Crippen molar-refractivity contribution in [2.24, 2.45) is 0 Å². The van der Waals surface area contributed by atoms with Crippen LogP contribution in [0.5, 0.6) is 0 Å². The van der Waals surface area contributed by atoms with Crippen LogP contribution in [0.25, 0.3) is 0 Å². The summed E-state index contributed by atoms with van der Waals surface area (Å²) < 4.78 is 33.2. The average molecular weight is 473 g/mol. The van der Waals surface area contributed by atoms with Gasteiger partial charge in [0.1, 0.15) is 0 Å². The van der Waals surface area contributed by atoms with Crippen molar-refractivity contribution in [1.82, 2.24) is 4.31 Å². The highest BCUT2D eigenvalue weighted by atomic mass is 32.2. The van der Waals surface area contributed by atoms with E-state index in [4.69, 9.17) is 4.74 Å². The number of nitrogens with zero attached hydrogens (tertiary/aromatic N) is 1. The number of carbonyl (C=O) groups is 2. The Kier molecular flexibility index (Phi) is 9.03. The molecule has 0 spiro atoms. The number of sulfonamides is 1. The van der Waals surface area contributed by atoms with Gasteiger partial charge in [-0.3, -0.25) is 4.79 Å². The highest BCUT2D eigenvalue weighted by molar-refractivity contribution is 7.89. The van der Waals surface area contributed by atoms with Gasteiger partial charge in [0.15, 0.2) is 0 Å². The molecule has 0 bridgehead atoms. The second-order valence-electron chi connectivity index (χ2n) is 8.27. The van der Waals surface area contributed by atoms with Crippen LogP contribution in [0.1, 0.15) is 62.2 Å². The van der Waals surface area contributed by atoms with Crippen molar-refractivity contribution in [2.75, 3.05) is 18.5 Å². The predicted octanol–water partition coefficient (Wildman–Crippen LogP) is 4.61. The minimum Gasteiger partial charge on any atom is -0.462 e. The summed E-state index contributed by atoms with van der Waals surface area (Å²) in [6, 6.07) is 14.4. The van der Waals surface area contributed by atoms with Gasteiger partial charge in [-0.05, 0) is 55.7 Å². The number of rotatable bonds is 10. The Morgan fingerprint density at radius 2 is 1.67 bits per heavy atom. The Hall–Kier alpha value is -2.71. The van der Waals surface area contributed by atoms with Crippen LogP contribution in [0.3, 0.4) is 0 Å². The van der Waals surface area contributed by atoms with E-state index in [2.05, 4.69) is 5.32 Å². The first kappa shape index (κ1) is 24.9. The molecule has 1 fully saturated rings. The minimum atomic E-state index is -3.81. The largest absolute Gasteiger partial charge is 0.462 e. The molecule has 2 aromatic carbocycles. The number of unbranched alkanes of at least 4 members (excludes halogenated alkanes) is 1. The van der Waals surface area contributed by atoms with Crippen molar-refractivity contribution < 1.29 is 22.7 Å². The lowest BCUT2D eigenvalue weighted by Crippen LogP contribution is -2.45. The van der Waals surface area contributed by atoms with Crippen LogP contribution in [-0.2, 0) is 19.6 Å². The molecule has 7 nitrogen and oxygen atoms in total. The molecular formula is C25H32N2O5S. The van der Waals surface area contributed by atoms with Gasteiger partial charge in [0.2, 0.25) is 15.9 Å². The van der Waals surface area contributed by atoms with Gasteiger partial charge in [0.25, 0.3) is 0 Å². The number of anilines is 1. The van der Waals surface area contributed by atoms with Gasteiger partial charge in [0, 0.05) is 11.7 Å². The third-order valence-corrected chi connectivity index (χ3v) is 7.68. The van der Waals surface area contributed by atoms with Crippen molar-refractivity contribution in [3.63, 3.8) is 0 Å². The first-order valence-corrected chi connectivity index (χ1v) is 13.0. The summed E-state index contributed by atoms with van der Waals surface area (Å²) in [4.78, 5) is 25.1. The molecule has 2 aromatic rings. The zero-order valence-electron chi connectivity index (χ0n) is 19.0. The lowest BCUT2D eigenvalue weighted by atomic mass is 9.95. The van der Waals surface area contributed by atoms with Crippen molar-refractivity contribution in [3.05, 3.63) is 60.2 Å². The molecule has 1 amide bonds. The number of benzene rings is 2. The van der Waals surface area contributed by atoms with E-state index in [1.54, 1.807) is 54.6 Å². The van der Waals surface area contributed by atoms with Gasteiger partial charge in [0.05, 0.1) is 23.6 Å². The third kappa shape index (κ3) is 6.88. The molecule has 1 N–H and O–H groups in total. The van der Waals surface area contributed by atoms with Gasteiger partial charge in [-0.1, -0.05) is 50.8 Å². The van der Waals surface area contributed by atoms with Gasteiger partial charge in [-0.2, -0.15) is 4.31 Å². The van der Waals surface area contributed by atoms with Gasteiger partial charge in [-0.25, -0.2) is 13.2 Å². The Bertz CT molecular complexity index is 1020. The van der Waals surface area contributed by atoms with E-state index in [0.717, 1.165) is 44.9 Å². The maximum Gasteiger partial charge on any atom is 0.338 e. The predicted molar refractivity (Wildman–Crippen MR) is 127 cm³/mol. The molecule has 0 unspecified atom stereocenters. The van der Waals surface area contributed by atoms with E-state index in [9.17, 15) is 18.0 Å². The summed E-state index contributed by atoms with van der Waals surface area (Å²) in [5, 5.41) is 2.76. The number of nitrogens with one attached hydrogen (secondary N) is 1. The number of ether oxygens (including phenoxy) is 1. The third-order valence-electron chi connectivity index (χ3n) is 5.77. The van der Waals surface area contributed by atoms with E-state index in [1.165, 1.54) is 4.31 Å². The zero-order chi connectivity index (χ0) is 23.7. The highest BCUT2D eigenvalue weighted by Crippen LogP contribution is 2.28. The fourth-order valence-corrected chi connectivity index (χ4v) is 5.59. The highest BCUT2D eigenvalue weighted by Gasteiger charge is 2.33. The normalized spacial score (nSPS) is 14.7. The van der Waals surface area contributed by atoms with E-state index in [0.29, 0.717) is 17.9 Å². The van der Waals surface area contributed by atoms with Gasteiger partial charge >= 0.3 is 5.97 Å². The molecule has 8 heteroatoms. The number of carbonyl (C=O) groups excluding carboxylic acids is 2. The summed E-state index contributed by atoms with van der Waals surface area (Å²) in [7, 11) is -3.81. The molecule has 0 radical (unpaired) electrons.